The summed E-state index contributed by atoms with van der Waals surface area (Å²) < 4.78 is 0. The molecular formula is C27H45N3. The molecule has 3 fully saturated rings. The Morgan fingerprint density at radius 2 is 1.87 bits per heavy atom. The molecule has 0 aromatic carbocycles. The van der Waals surface area contributed by atoms with Crippen LogP contribution in [0.5, 0.6) is 0 Å². The summed E-state index contributed by atoms with van der Waals surface area (Å²) in [6.07, 6.45) is 17.3. The number of allylic oxidation sites excluding steroid dienone is 1. The van der Waals surface area contributed by atoms with Crippen LogP contribution < -0.4 is 0 Å². The predicted octanol–water partition coefficient (Wildman–Crippen LogP) is 8.71. The third-order valence-corrected chi connectivity index (χ3v) is 10.5. The predicted molar refractivity (Wildman–Crippen MR) is 126 cm³/mol. The van der Waals surface area contributed by atoms with Gasteiger partial charge in [-0.2, -0.15) is 0 Å². The van der Waals surface area contributed by atoms with Crippen LogP contribution in [0.4, 0.5) is 0 Å². The minimum absolute atomic E-state index is 0.197. The summed E-state index contributed by atoms with van der Waals surface area (Å²) in [4.78, 5) is 3.11. The van der Waals surface area contributed by atoms with Gasteiger partial charge in [0.2, 0.25) is 0 Å². The van der Waals surface area contributed by atoms with Crippen LogP contribution in [-0.2, 0) is 0 Å². The molecule has 30 heavy (non-hydrogen) atoms. The highest BCUT2D eigenvalue weighted by Crippen LogP contribution is 2.67. The van der Waals surface area contributed by atoms with Crippen LogP contribution in [0, 0.1) is 46.3 Å². The van der Waals surface area contributed by atoms with Gasteiger partial charge < -0.3 is 0 Å². The van der Waals surface area contributed by atoms with E-state index < -0.39 is 0 Å². The van der Waals surface area contributed by atoms with Crippen LogP contribution in [-0.4, -0.2) is 6.04 Å². The van der Waals surface area contributed by atoms with Crippen molar-refractivity contribution < 1.29 is 0 Å². The number of nitrogens with zero attached hydrogens (tertiary/aromatic N) is 3. The minimum Gasteiger partial charge on any atom is -0.0903 e. The number of hydrogen-bond acceptors (Lipinski definition) is 1. The molecule has 3 heteroatoms. The van der Waals surface area contributed by atoms with Crippen LogP contribution in [0.3, 0.4) is 0 Å². The Labute approximate surface area is 185 Å². The maximum atomic E-state index is 8.89. The maximum Gasteiger partial charge on any atom is 0.0411 e. The standard InChI is InChI=1S/C27H45N3/c1-18(2)7-6-8-19(3)23-11-12-24-22-10-9-20-17-21(29-30-28)13-15-26(20,4)25(22)14-16-27(23,24)5/h9,18-19,21-25H,6-8,10-17H2,1-5H3/t19-,21+,22-,23?,24?,25?,26?,27?/m1/s1. The molecule has 4 aliphatic carbocycles. The first-order valence-electron chi connectivity index (χ1n) is 13.0. The molecule has 0 amide bonds. The van der Waals surface area contributed by atoms with Gasteiger partial charge in [-0.05, 0) is 103 Å². The number of rotatable bonds is 6. The Morgan fingerprint density at radius 3 is 2.60 bits per heavy atom. The molecule has 0 spiro atoms. The van der Waals surface area contributed by atoms with E-state index in [1.807, 2.05) is 0 Å². The molecule has 3 saturated carbocycles. The van der Waals surface area contributed by atoms with Crippen LogP contribution in [0.2, 0.25) is 0 Å². The summed E-state index contributed by atoms with van der Waals surface area (Å²) in [5.41, 5.74) is 11.5. The third-order valence-electron chi connectivity index (χ3n) is 10.5. The van der Waals surface area contributed by atoms with Crippen molar-refractivity contribution >= 4 is 0 Å². The van der Waals surface area contributed by atoms with Gasteiger partial charge in [-0.25, -0.2) is 0 Å². The molecule has 0 aliphatic heterocycles. The average molecular weight is 412 g/mol. The smallest absolute Gasteiger partial charge is 0.0411 e. The van der Waals surface area contributed by atoms with Crippen molar-refractivity contribution in [1.29, 1.82) is 0 Å². The second-order valence-electron chi connectivity index (χ2n) is 12.4. The lowest BCUT2D eigenvalue weighted by molar-refractivity contribution is -0.0508. The highest BCUT2D eigenvalue weighted by atomic mass is 15.1. The zero-order chi connectivity index (χ0) is 21.5. The Hall–Kier alpha value is -0.950. The molecule has 8 atom stereocenters. The van der Waals surface area contributed by atoms with E-state index in [4.69, 9.17) is 5.53 Å². The van der Waals surface area contributed by atoms with Crippen molar-refractivity contribution in [2.75, 3.05) is 0 Å². The van der Waals surface area contributed by atoms with Gasteiger partial charge in [0.1, 0.15) is 0 Å². The van der Waals surface area contributed by atoms with Gasteiger partial charge in [-0.15, -0.1) is 0 Å². The lowest BCUT2D eigenvalue weighted by Crippen LogP contribution is -2.50. The van der Waals surface area contributed by atoms with Gasteiger partial charge in [0.25, 0.3) is 0 Å². The maximum absolute atomic E-state index is 8.89. The fourth-order valence-corrected chi connectivity index (χ4v) is 8.84. The lowest BCUT2D eigenvalue weighted by atomic mass is 9.47. The molecule has 0 heterocycles. The van der Waals surface area contributed by atoms with Crippen molar-refractivity contribution in [3.05, 3.63) is 22.1 Å². The molecule has 0 saturated heterocycles. The molecule has 0 aromatic rings. The summed E-state index contributed by atoms with van der Waals surface area (Å²) in [5.74, 6) is 5.35. The first kappa shape index (κ1) is 22.3. The first-order valence-corrected chi connectivity index (χ1v) is 13.0. The van der Waals surface area contributed by atoms with E-state index in [1.165, 1.54) is 57.8 Å². The summed E-state index contributed by atoms with van der Waals surface area (Å²) in [6.45, 7) is 12.5. The highest BCUT2D eigenvalue weighted by Gasteiger charge is 2.59. The van der Waals surface area contributed by atoms with E-state index in [0.29, 0.717) is 10.8 Å². The van der Waals surface area contributed by atoms with Crippen LogP contribution in [0.25, 0.3) is 10.4 Å². The Morgan fingerprint density at radius 1 is 1.07 bits per heavy atom. The third kappa shape index (κ3) is 3.74. The van der Waals surface area contributed by atoms with Crippen LogP contribution in [0.1, 0.15) is 105 Å². The quantitative estimate of drug-likeness (QED) is 0.182. The van der Waals surface area contributed by atoms with Gasteiger partial charge in [0.05, 0.1) is 0 Å². The van der Waals surface area contributed by atoms with E-state index in [1.54, 1.807) is 5.57 Å². The van der Waals surface area contributed by atoms with E-state index in [-0.39, 0.29) is 6.04 Å². The Balaban J connectivity index is 1.49. The van der Waals surface area contributed by atoms with E-state index in [2.05, 4.69) is 50.7 Å². The van der Waals surface area contributed by atoms with E-state index >= 15 is 0 Å². The van der Waals surface area contributed by atoms with Gasteiger partial charge >= 0.3 is 0 Å². The molecule has 0 radical (unpaired) electrons. The number of hydrogen-bond donors (Lipinski definition) is 0. The molecule has 3 nitrogen and oxygen atoms in total. The summed E-state index contributed by atoms with van der Waals surface area (Å²) in [7, 11) is 0. The van der Waals surface area contributed by atoms with Gasteiger partial charge in [-0.3, -0.25) is 0 Å². The second-order valence-corrected chi connectivity index (χ2v) is 12.4. The fraction of sp³-hybridized carbons (Fsp3) is 0.926. The first-order chi connectivity index (χ1) is 14.3. The van der Waals surface area contributed by atoms with Crippen molar-refractivity contribution in [3.63, 3.8) is 0 Å². The molecule has 5 unspecified atom stereocenters. The van der Waals surface area contributed by atoms with Crippen molar-refractivity contribution in [1.82, 2.24) is 0 Å². The van der Waals surface area contributed by atoms with Gasteiger partial charge in [0, 0.05) is 11.0 Å². The monoisotopic (exact) mass is 411 g/mol. The van der Waals surface area contributed by atoms with E-state index in [9.17, 15) is 0 Å². The normalized spacial score (nSPS) is 43.8. The molecule has 0 aromatic heterocycles. The van der Waals surface area contributed by atoms with Crippen molar-refractivity contribution in [3.8, 4) is 0 Å². The topological polar surface area (TPSA) is 48.8 Å². The van der Waals surface area contributed by atoms with Crippen molar-refractivity contribution in [2.24, 2.45) is 51.5 Å². The summed E-state index contributed by atoms with van der Waals surface area (Å²) in [6, 6.07) is 0.197. The molecule has 0 N–H and O–H groups in total. The lowest BCUT2D eigenvalue weighted by Gasteiger charge is -2.58. The highest BCUT2D eigenvalue weighted by molar-refractivity contribution is 5.26. The van der Waals surface area contributed by atoms with Crippen LogP contribution in [0.15, 0.2) is 16.8 Å². The van der Waals surface area contributed by atoms with Gasteiger partial charge in [0.15, 0.2) is 0 Å². The summed E-state index contributed by atoms with van der Waals surface area (Å²) >= 11 is 0. The molecule has 4 aliphatic rings. The number of azide groups is 1. The number of fused-ring (bicyclic) bond motifs is 5. The Bertz CT molecular complexity index is 705. The van der Waals surface area contributed by atoms with Crippen LogP contribution >= 0.6 is 0 Å². The SMILES string of the molecule is CC(C)CCC[C@@H](C)C1CCC2[C@H]3CC=C4C[C@@H](N=[N+]=[N-])CCC4(C)C3CCC21C. The fourth-order valence-electron chi connectivity index (χ4n) is 8.84. The summed E-state index contributed by atoms with van der Waals surface area (Å²) in [5, 5.41) is 4.08. The zero-order valence-corrected chi connectivity index (χ0v) is 20.2. The molecule has 0 bridgehead atoms. The van der Waals surface area contributed by atoms with Gasteiger partial charge in [-0.1, -0.05) is 70.6 Å². The Kier molecular flexibility index (Phi) is 6.33. The largest absolute Gasteiger partial charge is 0.0903 e. The molecule has 4 rings (SSSR count). The zero-order valence-electron chi connectivity index (χ0n) is 20.2. The van der Waals surface area contributed by atoms with Crippen molar-refractivity contribution in [2.45, 2.75) is 111 Å². The second kappa shape index (κ2) is 8.53. The molecule has 168 valence electrons. The molecular weight excluding hydrogens is 366 g/mol. The average Bonchev–Trinajstić information content (AvgIpc) is 3.05. The minimum atomic E-state index is 0.197. The van der Waals surface area contributed by atoms with E-state index in [0.717, 1.165) is 48.3 Å².